The van der Waals surface area contributed by atoms with E-state index < -0.39 is 0 Å². The summed E-state index contributed by atoms with van der Waals surface area (Å²) in [6.45, 7) is 4.96. The molecule has 0 N–H and O–H groups in total. The fraction of sp³-hybridized carbons (Fsp3) is 0.750. The summed E-state index contributed by atoms with van der Waals surface area (Å²) >= 11 is 0. The van der Waals surface area contributed by atoms with Gasteiger partial charge in [0.2, 0.25) is 6.29 Å². The zero-order valence-corrected chi connectivity index (χ0v) is 9.21. The molecule has 82 valence electrons. The van der Waals surface area contributed by atoms with E-state index in [0.717, 1.165) is 30.8 Å². The molecule has 0 bridgehead atoms. The zero-order valence-electron chi connectivity index (χ0n) is 9.21. The Morgan fingerprint density at radius 3 is 2.93 bits per heavy atom. The molecule has 3 aliphatic rings. The minimum Gasteiger partial charge on any atom is -0.468 e. The molecule has 15 heavy (non-hydrogen) atoms. The lowest BCUT2D eigenvalue weighted by Gasteiger charge is -2.29. The summed E-state index contributed by atoms with van der Waals surface area (Å²) in [6, 6.07) is 0. The van der Waals surface area contributed by atoms with Crippen molar-refractivity contribution < 1.29 is 14.3 Å². The standard InChI is InChI=1S/C12H16O3/c1-12(2)5-8(13)10-7-3-4-14-11(7)15-9(10)6-12/h7,11H,3-6H2,1-2H3/t7-,11+/m1/s1. The van der Waals surface area contributed by atoms with Crippen molar-refractivity contribution in [1.82, 2.24) is 0 Å². The first-order chi connectivity index (χ1) is 7.07. The first kappa shape index (κ1) is 9.40. The number of hydrogen-bond acceptors (Lipinski definition) is 3. The van der Waals surface area contributed by atoms with Crippen LogP contribution < -0.4 is 0 Å². The Morgan fingerprint density at radius 2 is 2.13 bits per heavy atom. The van der Waals surface area contributed by atoms with Crippen molar-refractivity contribution in [3.63, 3.8) is 0 Å². The van der Waals surface area contributed by atoms with E-state index in [-0.39, 0.29) is 23.4 Å². The molecule has 1 fully saturated rings. The largest absolute Gasteiger partial charge is 0.468 e. The van der Waals surface area contributed by atoms with Crippen LogP contribution in [-0.4, -0.2) is 18.7 Å². The van der Waals surface area contributed by atoms with Gasteiger partial charge in [-0.1, -0.05) is 13.8 Å². The molecular formula is C12H16O3. The number of allylic oxidation sites excluding steroid dienone is 1. The fourth-order valence-electron chi connectivity index (χ4n) is 2.90. The Bertz CT molecular complexity index is 354. The summed E-state index contributed by atoms with van der Waals surface area (Å²) in [5.41, 5.74) is 0.992. The van der Waals surface area contributed by atoms with Gasteiger partial charge in [-0.25, -0.2) is 0 Å². The predicted molar refractivity (Wildman–Crippen MR) is 54.0 cm³/mol. The van der Waals surface area contributed by atoms with E-state index in [9.17, 15) is 4.79 Å². The summed E-state index contributed by atoms with van der Waals surface area (Å²) in [7, 11) is 0. The van der Waals surface area contributed by atoms with Crippen molar-refractivity contribution in [2.24, 2.45) is 11.3 Å². The smallest absolute Gasteiger partial charge is 0.206 e. The third-order valence-electron chi connectivity index (χ3n) is 3.55. The molecule has 0 amide bonds. The van der Waals surface area contributed by atoms with Gasteiger partial charge < -0.3 is 9.47 Å². The fourth-order valence-corrected chi connectivity index (χ4v) is 2.90. The summed E-state index contributed by atoms with van der Waals surface area (Å²) in [5.74, 6) is 1.41. The molecular weight excluding hydrogens is 192 g/mol. The molecule has 0 aromatic carbocycles. The van der Waals surface area contributed by atoms with Crippen molar-refractivity contribution in [1.29, 1.82) is 0 Å². The van der Waals surface area contributed by atoms with Crippen LogP contribution >= 0.6 is 0 Å². The second-order valence-electron chi connectivity index (χ2n) is 5.53. The third-order valence-corrected chi connectivity index (χ3v) is 3.55. The first-order valence-corrected chi connectivity index (χ1v) is 5.61. The highest BCUT2D eigenvalue weighted by Gasteiger charge is 2.48. The molecule has 0 saturated carbocycles. The zero-order chi connectivity index (χ0) is 10.6. The maximum Gasteiger partial charge on any atom is 0.206 e. The Labute approximate surface area is 89.4 Å². The molecule has 0 radical (unpaired) electrons. The Kier molecular flexibility index (Phi) is 1.78. The van der Waals surface area contributed by atoms with E-state index >= 15 is 0 Å². The highest BCUT2D eigenvalue weighted by atomic mass is 16.7. The van der Waals surface area contributed by atoms with Crippen molar-refractivity contribution in [2.45, 2.75) is 39.4 Å². The van der Waals surface area contributed by atoms with Crippen LogP contribution in [0, 0.1) is 11.3 Å². The molecule has 3 rings (SSSR count). The lowest BCUT2D eigenvalue weighted by atomic mass is 9.74. The molecule has 1 aliphatic carbocycles. The van der Waals surface area contributed by atoms with Gasteiger partial charge in [0.05, 0.1) is 12.5 Å². The first-order valence-electron chi connectivity index (χ1n) is 5.61. The third kappa shape index (κ3) is 1.33. The second kappa shape index (κ2) is 2.85. The molecule has 2 heterocycles. The number of carbonyl (C=O) groups is 1. The number of carbonyl (C=O) groups excluding carboxylic acids is 1. The van der Waals surface area contributed by atoms with Crippen LogP contribution in [0.3, 0.4) is 0 Å². The quantitative estimate of drug-likeness (QED) is 0.611. The van der Waals surface area contributed by atoms with Gasteiger partial charge in [0, 0.05) is 18.4 Å². The normalized spacial score (nSPS) is 37.6. The molecule has 3 nitrogen and oxygen atoms in total. The maximum atomic E-state index is 12.0. The van der Waals surface area contributed by atoms with Crippen LogP contribution in [0.1, 0.15) is 33.1 Å². The lowest BCUT2D eigenvalue weighted by molar-refractivity contribution is -0.118. The SMILES string of the molecule is CC1(C)CC(=O)C2=C(C1)O[C@@H]1OCC[C@H]21. The molecule has 2 atom stereocenters. The number of hydrogen-bond donors (Lipinski definition) is 0. The summed E-state index contributed by atoms with van der Waals surface area (Å²) in [4.78, 5) is 12.0. The molecule has 0 aromatic rings. The van der Waals surface area contributed by atoms with E-state index in [1.807, 2.05) is 0 Å². The van der Waals surface area contributed by atoms with Crippen LogP contribution in [0.5, 0.6) is 0 Å². The number of rotatable bonds is 0. The van der Waals surface area contributed by atoms with Crippen LogP contribution in [-0.2, 0) is 14.3 Å². The van der Waals surface area contributed by atoms with Crippen LogP contribution in [0.2, 0.25) is 0 Å². The minimum absolute atomic E-state index is 0.0502. The van der Waals surface area contributed by atoms with Gasteiger partial charge in [0.15, 0.2) is 5.78 Å². The number of fused-ring (bicyclic) bond motifs is 2. The molecule has 0 aromatic heterocycles. The summed E-state index contributed by atoms with van der Waals surface area (Å²) in [5, 5.41) is 0. The van der Waals surface area contributed by atoms with E-state index in [2.05, 4.69) is 13.8 Å². The van der Waals surface area contributed by atoms with Gasteiger partial charge in [-0.3, -0.25) is 4.79 Å². The van der Waals surface area contributed by atoms with E-state index in [0.29, 0.717) is 6.42 Å². The van der Waals surface area contributed by atoms with Crippen molar-refractivity contribution in [2.75, 3.05) is 6.61 Å². The highest BCUT2D eigenvalue weighted by molar-refractivity contribution is 5.98. The summed E-state index contributed by atoms with van der Waals surface area (Å²) in [6.07, 6.45) is 2.31. The number of ketones is 1. The Balaban J connectivity index is 1.97. The molecule has 0 spiro atoms. The van der Waals surface area contributed by atoms with Gasteiger partial charge in [0.25, 0.3) is 0 Å². The average Bonchev–Trinajstić information content (AvgIpc) is 2.58. The van der Waals surface area contributed by atoms with Gasteiger partial charge in [-0.2, -0.15) is 0 Å². The van der Waals surface area contributed by atoms with Crippen LogP contribution in [0.15, 0.2) is 11.3 Å². The van der Waals surface area contributed by atoms with Gasteiger partial charge in [-0.15, -0.1) is 0 Å². The molecule has 3 heteroatoms. The average molecular weight is 208 g/mol. The molecule has 2 aliphatic heterocycles. The summed E-state index contributed by atoms with van der Waals surface area (Å²) < 4.78 is 11.2. The van der Waals surface area contributed by atoms with Gasteiger partial charge >= 0.3 is 0 Å². The molecule has 1 saturated heterocycles. The van der Waals surface area contributed by atoms with Crippen LogP contribution in [0.4, 0.5) is 0 Å². The highest BCUT2D eigenvalue weighted by Crippen LogP contribution is 2.48. The topological polar surface area (TPSA) is 35.5 Å². The van der Waals surface area contributed by atoms with Crippen LogP contribution in [0.25, 0.3) is 0 Å². The van der Waals surface area contributed by atoms with Gasteiger partial charge in [-0.05, 0) is 11.8 Å². The predicted octanol–water partition coefficient (Wildman–Crippen LogP) is 2.02. The maximum absolute atomic E-state index is 12.0. The molecule has 0 unspecified atom stereocenters. The second-order valence-corrected chi connectivity index (χ2v) is 5.53. The number of Topliss-reactive ketones (excluding diaryl/α,β-unsaturated/α-hetero) is 1. The van der Waals surface area contributed by atoms with E-state index in [4.69, 9.17) is 9.47 Å². The van der Waals surface area contributed by atoms with Crippen molar-refractivity contribution in [3.05, 3.63) is 11.3 Å². The minimum atomic E-state index is -0.159. The monoisotopic (exact) mass is 208 g/mol. The van der Waals surface area contributed by atoms with E-state index in [1.165, 1.54) is 0 Å². The Hall–Kier alpha value is -0.830. The lowest BCUT2D eigenvalue weighted by Crippen LogP contribution is -2.26. The van der Waals surface area contributed by atoms with Crippen molar-refractivity contribution >= 4 is 5.78 Å². The number of ether oxygens (including phenoxy) is 2. The van der Waals surface area contributed by atoms with Crippen molar-refractivity contribution in [3.8, 4) is 0 Å². The Morgan fingerprint density at radius 1 is 1.33 bits per heavy atom. The van der Waals surface area contributed by atoms with E-state index in [1.54, 1.807) is 0 Å². The van der Waals surface area contributed by atoms with Gasteiger partial charge in [0.1, 0.15) is 5.76 Å².